The molecule has 14 heavy (non-hydrogen) atoms. The van der Waals surface area contributed by atoms with Gasteiger partial charge in [0.2, 0.25) is 10.0 Å². The first-order valence-electron chi connectivity index (χ1n) is 4.50. The van der Waals surface area contributed by atoms with Crippen molar-refractivity contribution in [1.82, 2.24) is 9.78 Å². The molecule has 1 heterocycles. The van der Waals surface area contributed by atoms with E-state index < -0.39 is 10.0 Å². The van der Waals surface area contributed by atoms with Gasteiger partial charge in [-0.2, -0.15) is 5.10 Å². The minimum Gasteiger partial charge on any atom is -0.268 e. The van der Waals surface area contributed by atoms with Gasteiger partial charge in [-0.15, -0.1) is 0 Å². The smallest absolute Gasteiger partial charge is 0.233 e. The summed E-state index contributed by atoms with van der Waals surface area (Å²) in [4.78, 5) is 0. The molecule has 0 aliphatic rings. The molecule has 1 aromatic heterocycles. The second kappa shape index (κ2) is 4.00. The molecule has 5 nitrogen and oxygen atoms in total. The normalized spacial score (nSPS) is 12.0. The fourth-order valence-electron chi connectivity index (χ4n) is 1.04. The quantitative estimate of drug-likeness (QED) is 0.825. The number of aromatic nitrogens is 2. The fourth-order valence-corrected chi connectivity index (χ4v) is 1.66. The molecular weight excluding hydrogens is 202 g/mol. The third kappa shape index (κ3) is 2.47. The zero-order chi connectivity index (χ0) is 10.8. The molecule has 0 aliphatic carbocycles. The van der Waals surface area contributed by atoms with Crippen LogP contribution >= 0.6 is 0 Å². The molecule has 0 aliphatic heterocycles. The van der Waals surface area contributed by atoms with Crippen molar-refractivity contribution in [2.75, 3.05) is 10.5 Å². The van der Waals surface area contributed by atoms with Crippen molar-refractivity contribution in [3.05, 3.63) is 12.3 Å². The Bertz CT molecular complexity index is 394. The van der Waals surface area contributed by atoms with Crippen molar-refractivity contribution >= 4 is 15.8 Å². The van der Waals surface area contributed by atoms with Crippen LogP contribution in [0.15, 0.2) is 12.3 Å². The average Bonchev–Trinajstić information content (AvgIpc) is 2.51. The van der Waals surface area contributed by atoms with Crippen LogP contribution in [0.5, 0.6) is 0 Å². The molecule has 0 saturated carbocycles. The molecule has 6 heteroatoms. The van der Waals surface area contributed by atoms with E-state index in [9.17, 15) is 8.42 Å². The predicted molar refractivity (Wildman–Crippen MR) is 55.7 cm³/mol. The summed E-state index contributed by atoms with van der Waals surface area (Å²) < 4.78 is 26.7. The number of sulfonamides is 1. The summed E-state index contributed by atoms with van der Waals surface area (Å²) in [5, 5.41) is 4.02. The van der Waals surface area contributed by atoms with Crippen molar-refractivity contribution in [2.45, 2.75) is 26.8 Å². The van der Waals surface area contributed by atoms with E-state index in [0.29, 0.717) is 5.82 Å². The van der Waals surface area contributed by atoms with Crippen LogP contribution < -0.4 is 4.72 Å². The maximum Gasteiger partial charge on any atom is 0.233 e. The van der Waals surface area contributed by atoms with Gasteiger partial charge in [-0.25, -0.2) is 13.1 Å². The second-order valence-corrected chi connectivity index (χ2v) is 5.27. The maximum absolute atomic E-state index is 11.3. The van der Waals surface area contributed by atoms with Crippen LogP contribution in [0.25, 0.3) is 0 Å². The van der Waals surface area contributed by atoms with E-state index in [-0.39, 0.29) is 11.8 Å². The van der Waals surface area contributed by atoms with Gasteiger partial charge in [0, 0.05) is 12.1 Å². The molecule has 0 radical (unpaired) electrons. The Morgan fingerprint density at radius 1 is 1.57 bits per heavy atom. The molecule has 0 atom stereocenters. The molecule has 0 saturated heterocycles. The monoisotopic (exact) mass is 217 g/mol. The second-order valence-electron chi connectivity index (χ2n) is 3.26. The minimum absolute atomic E-state index is 0.0657. The van der Waals surface area contributed by atoms with Crippen LogP contribution in [-0.4, -0.2) is 24.0 Å². The van der Waals surface area contributed by atoms with E-state index in [4.69, 9.17) is 0 Å². The topological polar surface area (TPSA) is 64.0 Å². The van der Waals surface area contributed by atoms with Crippen molar-refractivity contribution in [2.24, 2.45) is 0 Å². The summed E-state index contributed by atoms with van der Waals surface area (Å²) >= 11 is 0. The summed E-state index contributed by atoms with van der Waals surface area (Å²) in [6, 6.07) is 1.78. The highest BCUT2D eigenvalue weighted by molar-refractivity contribution is 7.92. The standard InChI is InChI=1S/C8H15N3O2S/c1-4-14(12,13)10-8-5-6-9-11(8)7(2)3/h5-7,10H,4H2,1-3H3. The Balaban J connectivity index is 2.93. The van der Waals surface area contributed by atoms with Crippen LogP contribution in [0.4, 0.5) is 5.82 Å². The molecule has 0 unspecified atom stereocenters. The molecule has 1 rings (SSSR count). The van der Waals surface area contributed by atoms with Crippen molar-refractivity contribution in [3.8, 4) is 0 Å². The highest BCUT2D eigenvalue weighted by atomic mass is 32.2. The van der Waals surface area contributed by atoms with Gasteiger partial charge in [-0.1, -0.05) is 0 Å². The molecule has 80 valence electrons. The molecule has 0 fully saturated rings. The summed E-state index contributed by atoms with van der Waals surface area (Å²) in [5.41, 5.74) is 0. The van der Waals surface area contributed by atoms with Gasteiger partial charge in [0.1, 0.15) is 5.82 Å². The fraction of sp³-hybridized carbons (Fsp3) is 0.625. The molecule has 0 aromatic carbocycles. The van der Waals surface area contributed by atoms with E-state index in [0.717, 1.165) is 0 Å². The highest BCUT2D eigenvalue weighted by Crippen LogP contribution is 2.14. The Kier molecular flexibility index (Phi) is 3.15. The van der Waals surface area contributed by atoms with Gasteiger partial charge in [0.05, 0.1) is 11.9 Å². The Labute approximate surface area is 84.2 Å². The lowest BCUT2D eigenvalue weighted by molar-refractivity contribution is 0.539. The first kappa shape index (κ1) is 11.0. The minimum atomic E-state index is -3.21. The molecule has 1 N–H and O–H groups in total. The first-order chi connectivity index (χ1) is 6.46. The largest absolute Gasteiger partial charge is 0.268 e. The molecule has 0 bridgehead atoms. The van der Waals surface area contributed by atoms with Crippen molar-refractivity contribution in [3.63, 3.8) is 0 Å². The lowest BCUT2D eigenvalue weighted by Crippen LogP contribution is -2.18. The number of hydrogen-bond acceptors (Lipinski definition) is 3. The van der Waals surface area contributed by atoms with Crippen LogP contribution in [0.1, 0.15) is 26.8 Å². The van der Waals surface area contributed by atoms with E-state index >= 15 is 0 Å². The van der Waals surface area contributed by atoms with E-state index in [1.54, 1.807) is 23.9 Å². The van der Waals surface area contributed by atoms with Crippen LogP contribution in [-0.2, 0) is 10.0 Å². The van der Waals surface area contributed by atoms with Crippen molar-refractivity contribution in [1.29, 1.82) is 0 Å². The van der Waals surface area contributed by atoms with Gasteiger partial charge in [0.15, 0.2) is 0 Å². The van der Waals surface area contributed by atoms with Crippen LogP contribution in [0, 0.1) is 0 Å². The number of rotatable bonds is 4. The number of nitrogens with zero attached hydrogens (tertiary/aromatic N) is 2. The maximum atomic E-state index is 11.3. The first-order valence-corrected chi connectivity index (χ1v) is 6.15. The van der Waals surface area contributed by atoms with Crippen LogP contribution in [0.3, 0.4) is 0 Å². The number of hydrogen-bond donors (Lipinski definition) is 1. The Morgan fingerprint density at radius 3 is 2.71 bits per heavy atom. The third-order valence-corrected chi connectivity index (χ3v) is 3.08. The van der Waals surface area contributed by atoms with E-state index in [1.807, 2.05) is 13.8 Å². The van der Waals surface area contributed by atoms with Gasteiger partial charge >= 0.3 is 0 Å². The van der Waals surface area contributed by atoms with Gasteiger partial charge in [-0.05, 0) is 20.8 Å². The number of nitrogens with one attached hydrogen (secondary N) is 1. The van der Waals surface area contributed by atoms with Gasteiger partial charge in [0.25, 0.3) is 0 Å². The van der Waals surface area contributed by atoms with Crippen LogP contribution in [0.2, 0.25) is 0 Å². The zero-order valence-electron chi connectivity index (χ0n) is 8.56. The SMILES string of the molecule is CCS(=O)(=O)Nc1ccnn1C(C)C. The molecular formula is C8H15N3O2S. The van der Waals surface area contributed by atoms with E-state index in [2.05, 4.69) is 9.82 Å². The zero-order valence-corrected chi connectivity index (χ0v) is 9.37. The summed E-state index contributed by atoms with van der Waals surface area (Å²) in [6.07, 6.45) is 1.58. The Hall–Kier alpha value is -1.04. The lowest BCUT2D eigenvalue weighted by atomic mass is 10.4. The molecule has 0 spiro atoms. The summed E-state index contributed by atoms with van der Waals surface area (Å²) in [7, 11) is -3.21. The summed E-state index contributed by atoms with van der Waals surface area (Å²) in [5.74, 6) is 0.581. The Morgan fingerprint density at radius 2 is 2.21 bits per heavy atom. The lowest BCUT2D eigenvalue weighted by Gasteiger charge is -2.11. The van der Waals surface area contributed by atoms with E-state index in [1.165, 1.54) is 0 Å². The average molecular weight is 217 g/mol. The number of anilines is 1. The highest BCUT2D eigenvalue weighted by Gasteiger charge is 2.11. The van der Waals surface area contributed by atoms with Crippen molar-refractivity contribution < 1.29 is 8.42 Å². The summed E-state index contributed by atoms with van der Waals surface area (Å²) in [6.45, 7) is 5.48. The molecule has 0 amide bonds. The molecule has 1 aromatic rings. The van der Waals surface area contributed by atoms with Gasteiger partial charge in [-0.3, -0.25) is 4.72 Å². The predicted octanol–water partition coefficient (Wildman–Crippen LogP) is 1.23. The van der Waals surface area contributed by atoms with Gasteiger partial charge < -0.3 is 0 Å². The third-order valence-electron chi connectivity index (χ3n) is 1.80.